The Morgan fingerprint density at radius 2 is 2.29 bits per heavy atom. The maximum absolute atomic E-state index is 10.6. The van der Waals surface area contributed by atoms with Crippen molar-refractivity contribution in [1.29, 1.82) is 0 Å². The van der Waals surface area contributed by atoms with Crippen LogP contribution in [0, 0.1) is 0 Å². The summed E-state index contributed by atoms with van der Waals surface area (Å²) in [7, 11) is 0. The Morgan fingerprint density at radius 1 is 1.57 bits per heavy atom. The van der Waals surface area contributed by atoms with Crippen molar-refractivity contribution < 1.29 is 4.79 Å². The van der Waals surface area contributed by atoms with Gasteiger partial charge in [0.05, 0.1) is 0 Å². The Kier molecular flexibility index (Phi) is 3.73. The number of halogens is 1. The molecular weight excluding hydrogens is 202 g/mol. The van der Waals surface area contributed by atoms with Crippen LogP contribution in [0.5, 0.6) is 0 Å². The molecule has 1 amide bonds. The van der Waals surface area contributed by atoms with Gasteiger partial charge in [-0.1, -0.05) is 17.7 Å². The number of rotatable bonds is 4. The molecule has 0 spiro atoms. The maximum Gasteiger partial charge on any atom is 0.236 e. The molecule has 0 saturated heterocycles. The Hall–Kier alpha value is -1.26. The predicted octanol–water partition coefficient (Wildman–Crippen LogP) is 0.565. The molecule has 0 aliphatic rings. The summed E-state index contributed by atoms with van der Waals surface area (Å²) in [4.78, 5) is 10.6. The van der Waals surface area contributed by atoms with Crippen LogP contribution in [0.2, 0.25) is 5.02 Å². The van der Waals surface area contributed by atoms with E-state index in [2.05, 4.69) is 5.32 Å². The molecule has 0 aliphatic carbocycles. The van der Waals surface area contributed by atoms with E-state index in [-0.39, 0.29) is 0 Å². The third-order valence-corrected chi connectivity index (χ3v) is 1.95. The fourth-order valence-electron chi connectivity index (χ4n) is 0.927. The molecule has 0 saturated carbocycles. The minimum absolute atomic E-state index is 0.301. The molecule has 14 heavy (non-hydrogen) atoms. The van der Waals surface area contributed by atoms with Crippen LogP contribution in [-0.2, 0) is 4.79 Å². The molecule has 1 aromatic rings. The normalized spacial score (nSPS) is 12.1. The van der Waals surface area contributed by atoms with Crippen molar-refractivity contribution in [3.8, 4) is 0 Å². The van der Waals surface area contributed by atoms with Crippen molar-refractivity contribution in [1.82, 2.24) is 0 Å². The summed E-state index contributed by atoms with van der Waals surface area (Å²) >= 11 is 5.76. The third-order valence-electron chi connectivity index (χ3n) is 1.72. The number of nitrogens with two attached hydrogens (primary N) is 2. The highest BCUT2D eigenvalue weighted by molar-refractivity contribution is 6.30. The van der Waals surface area contributed by atoms with Crippen LogP contribution < -0.4 is 16.8 Å². The van der Waals surface area contributed by atoms with Crippen LogP contribution in [0.4, 0.5) is 5.69 Å². The van der Waals surface area contributed by atoms with Gasteiger partial charge in [-0.2, -0.15) is 0 Å². The number of benzene rings is 1. The first-order chi connectivity index (χ1) is 6.59. The Bertz CT molecular complexity index is 330. The molecule has 0 bridgehead atoms. The molecule has 1 rings (SSSR count). The predicted molar refractivity (Wildman–Crippen MR) is 57.1 cm³/mol. The summed E-state index contributed by atoms with van der Waals surface area (Å²) in [5, 5.41) is 3.58. The molecule has 0 heterocycles. The van der Waals surface area contributed by atoms with E-state index in [4.69, 9.17) is 23.1 Å². The van der Waals surface area contributed by atoms with E-state index in [1.54, 1.807) is 18.2 Å². The topological polar surface area (TPSA) is 81.1 Å². The number of anilines is 1. The Labute approximate surface area is 87.2 Å². The average Bonchev–Trinajstić information content (AvgIpc) is 2.14. The summed E-state index contributed by atoms with van der Waals surface area (Å²) < 4.78 is 0. The summed E-state index contributed by atoms with van der Waals surface area (Å²) in [6, 6.07) is 6.46. The first-order valence-electron chi connectivity index (χ1n) is 4.14. The highest BCUT2D eigenvalue weighted by atomic mass is 35.5. The third kappa shape index (κ3) is 3.24. The van der Waals surface area contributed by atoms with Gasteiger partial charge in [0.2, 0.25) is 5.91 Å². The Balaban J connectivity index is 2.49. The van der Waals surface area contributed by atoms with Crippen LogP contribution in [0.15, 0.2) is 24.3 Å². The second-order valence-electron chi connectivity index (χ2n) is 2.90. The molecule has 0 aromatic heterocycles. The van der Waals surface area contributed by atoms with Gasteiger partial charge in [-0.25, -0.2) is 0 Å². The van der Waals surface area contributed by atoms with Gasteiger partial charge in [-0.3, -0.25) is 4.79 Å². The Morgan fingerprint density at radius 3 is 2.86 bits per heavy atom. The average molecular weight is 214 g/mol. The quantitative estimate of drug-likeness (QED) is 0.684. The van der Waals surface area contributed by atoms with Gasteiger partial charge in [0.1, 0.15) is 6.04 Å². The van der Waals surface area contributed by atoms with Crippen LogP contribution in [0.25, 0.3) is 0 Å². The zero-order valence-corrected chi connectivity index (χ0v) is 8.29. The molecule has 1 atom stereocenters. The van der Waals surface area contributed by atoms with Gasteiger partial charge in [-0.05, 0) is 18.2 Å². The van der Waals surface area contributed by atoms with Crippen molar-refractivity contribution >= 4 is 23.2 Å². The second-order valence-corrected chi connectivity index (χ2v) is 3.34. The highest BCUT2D eigenvalue weighted by Crippen LogP contribution is 2.14. The van der Waals surface area contributed by atoms with Crippen molar-refractivity contribution in [2.24, 2.45) is 11.5 Å². The maximum atomic E-state index is 10.6. The first kappa shape index (κ1) is 10.8. The van der Waals surface area contributed by atoms with E-state index in [1.165, 1.54) is 0 Å². The second kappa shape index (κ2) is 4.83. The van der Waals surface area contributed by atoms with Gasteiger partial charge in [-0.15, -0.1) is 0 Å². The minimum Gasteiger partial charge on any atom is -0.383 e. The molecule has 76 valence electrons. The van der Waals surface area contributed by atoms with Crippen LogP contribution in [0.3, 0.4) is 0 Å². The van der Waals surface area contributed by atoms with E-state index in [0.717, 1.165) is 5.69 Å². The lowest BCUT2D eigenvalue weighted by atomic mass is 10.2. The van der Waals surface area contributed by atoms with E-state index in [1.807, 2.05) is 6.07 Å². The number of carbonyl (C=O) groups excluding carboxylic acids is 1. The standard InChI is InChI=1S/C9H12ClN3O/c10-6-2-1-3-7(4-6)13-5-8(11)9(12)14/h1-4,8,13H,5,11H2,(H2,12,14). The fraction of sp³-hybridized carbons (Fsp3) is 0.222. The largest absolute Gasteiger partial charge is 0.383 e. The zero-order chi connectivity index (χ0) is 10.6. The van der Waals surface area contributed by atoms with Crippen molar-refractivity contribution in [3.05, 3.63) is 29.3 Å². The fourth-order valence-corrected chi connectivity index (χ4v) is 1.12. The molecule has 0 fully saturated rings. The van der Waals surface area contributed by atoms with Crippen molar-refractivity contribution in [3.63, 3.8) is 0 Å². The first-order valence-corrected chi connectivity index (χ1v) is 4.51. The zero-order valence-electron chi connectivity index (χ0n) is 7.53. The van der Waals surface area contributed by atoms with Crippen LogP contribution in [-0.4, -0.2) is 18.5 Å². The monoisotopic (exact) mass is 213 g/mol. The molecule has 5 heteroatoms. The van der Waals surface area contributed by atoms with E-state index < -0.39 is 11.9 Å². The van der Waals surface area contributed by atoms with Crippen molar-refractivity contribution in [2.45, 2.75) is 6.04 Å². The molecular formula is C9H12ClN3O. The lowest BCUT2D eigenvalue weighted by Crippen LogP contribution is -2.41. The van der Waals surface area contributed by atoms with Gasteiger partial charge < -0.3 is 16.8 Å². The summed E-state index contributed by atoms with van der Waals surface area (Å²) in [5.41, 5.74) is 11.2. The molecule has 5 N–H and O–H groups in total. The van der Waals surface area contributed by atoms with Gasteiger partial charge in [0, 0.05) is 17.3 Å². The number of nitrogens with one attached hydrogen (secondary N) is 1. The molecule has 1 aromatic carbocycles. The number of carbonyl (C=O) groups is 1. The molecule has 1 unspecified atom stereocenters. The van der Waals surface area contributed by atoms with E-state index in [9.17, 15) is 4.79 Å². The van der Waals surface area contributed by atoms with Crippen molar-refractivity contribution in [2.75, 3.05) is 11.9 Å². The van der Waals surface area contributed by atoms with E-state index in [0.29, 0.717) is 11.6 Å². The molecule has 0 radical (unpaired) electrons. The van der Waals surface area contributed by atoms with Crippen LogP contribution in [0.1, 0.15) is 0 Å². The van der Waals surface area contributed by atoms with Gasteiger partial charge in [0.25, 0.3) is 0 Å². The van der Waals surface area contributed by atoms with E-state index >= 15 is 0 Å². The molecule has 0 aliphatic heterocycles. The van der Waals surface area contributed by atoms with Gasteiger partial charge >= 0.3 is 0 Å². The number of hydrogen-bond donors (Lipinski definition) is 3. The summed E-state index contributed by atoms with van der Waals surface area (Å²) in [6.45, 7) is 0.301. The highest BCUT2D eigenvalue weighted by Gasteiger charge is 2.07. The number of primary amides is 1. The lowest BCUT2D eigenvalue weighted by molar-refractivity contribution is -0.118. The summed E-state index contributed by atoms with van der Waals surface area (Å²) in [5.74, 6) is -0.528. The SMILES string of the molecule is NC(=O)C(N)CNc1cccc(Cl)c1. The number of amides is 1. The smallest absolute Gasteiger partial charge is 0.236 e. The molecule has 4 nitrogen and oxygen atoms in total. The lowest BCUT2D eigenvalue weighted by Gasteiger charge is -2.10. The number of hydrogen-bond acceptors (Lipinski definition) is 3. The van der Waals surface area contributed by atoms with Gasteiger partial charge in [0.15, 0.2) is 0 Å². The van der Waals surface area contributed by atoms with Crippen LogP contribution >= 0.6 is 11.6 Å². The minimum atomic E-state index is -0.686. The summed E-state index contributed by atoms with van der Waals surface area (Å²) in [6.07, 6.45) is 0.